The summed E-state index contributed by atoms with van der Waals surface area (Å²) in [4.78, 5) is 3.44. The second-order valence-electron chi connectivity index (χ2n) is 0.846. The second kappa shape index (κ2) is 6.05. The van der Waals surface area contributed by atoms with Gasteiger partial charge >= 0.3 is 0 Å². The van der Waals surface area contributed by atoms with Crippen LogP contribution in [-0.4, -0.2) is 13.0 Å². The number of aliphatic imine (C=N–C) groups is 1. The first-order valence-electron chi connectivity index (χ1n) is 1.68. The Hall–Kier alpha value is -0.950. The summed E-state index contributed by atoms with van der Waals surface area (Å²) in [5.74, 6) is 0.141. The highest BCUT2D eigenvalue weighted by atomic mass is 35.5. The number of hydrogen-bond acceptors (Lipinski definition) is 2. The first-order valence-corrected chi connectivity index (χ1v) is 1.68. The van der Waals surface area contributed by atoms with E-state index in [0.29, 0.717) is 0 Å². The fourth-order valence-corrected chi connectivity index (χ4v) is 0.113. The maximum atomic E-state index is 7.85. The van der Waals surface area contributed by atoms with Gasteiger partial charge in [0.25, 0.3) is 0 Å². The molecule has 0 aromatic rings. The van der Waals surface area contributed by atoms with Gasteiger partial charge in [-0.3, -0.25) is 10.3 Å². The van der Waals surface area contributed by atoms with Gasteiger partial charge in [0.1, 0.15) is 0 Å². The molecule has 0 aromatic heterocycles. The Morgan fingerprint density at radius 3 is 2.50 bits per heavy atom. The molecule has 5 heteroatoms. The van der Waals surface area contributed by atoms with E-state index >= 15 is 0 Å². The van der Waals surface area contributed by atoms with Gasteiger partial charge in [0.15, 0.2) is 6.19 Å². The van der Waals surface area contributed by atoms with Crippen LogP contribution in [0.1, 0.15) is 0 Å². The van der Waals surface area contributed by atoms with E-state index < -0.39 is 0 Å². The third-order valence-corrected chi connectivity index (χ3v) is 0.425. The minimum Gasteiger partial charge on any atom is -0.369 e. The van der Waals surface area contributed by atoms with Gasteiger partial charge in [0, 0.05) is 7.05 Å². The summed E-state index contributed by atoms with van der Waals surface area (Å²) < 4.78 is 0. The molecule has 0 fully saturated rings. The molecule has 0 aromatic carbocycles. The number of nitrogens with zero attached hydrogens (tertiary/aromatic N) is 2. The van der Waals surface area contributed by atoms with Crippen molar-refractivity contribution in [3.63, 3.8) is 0 Å². The molecule has 0 saturated carbocycles. The van der Waals surface area contributed by atoms with Gasteiger partial charge in [-0.1, -0.05) is 0 Å². The van der Waals surface area contributed by atoms with E-state index in [1.165, 1.54) is 7.05 Å². The zero-order valence-corrected chi connectivity index (χ0v) is 5.20. The molecule has 0 atom stereocenters. The maximum absolute atomic E-state index is 7.85. The average Bonchev–Trinajstić information content (AvgIpc) is 1.68. The number of nitrogens with two attached hydrogens (primary N) is 1. The molecule has 0 spiro atoms. The monoisotopic (exact) mass is 134 g/mol. The summed E-state index contributed by atoms with van der Waals surface area (Å²) in [6, 6.07) is 0. The fourth-order valence-electron chi connectivity index (χ4n) is 0.113. The molecule has 3 N–H and O–H groups in total. The van der Waals surface area contributed by atoms with Crippen LogP contribution in [0.3, 0.4) is 0 Å². The molecule has 0 radical (unpaired) electrons. The Balaban J connectivity index is 0. The average molecular weight is 135 g/mol. The van der Waals surface area contributed by atoms with Gasteiger partial charge in [-0.2, -0.15) is 5.26 Å². The fraction of sp³-hybridized carbons (Fsp3) is 0.333. The number of halogens is 1. The van der Waals surface area contributed by atoms with Crippen molar-refractivity contribution in [2.45, 2.75) is 0 Å². The lowest BCUT2D eigenvalue weighted by Gasteiger charge is -1.87. The van der Waals surface area contributed by atoms with Gasteiger partial charge in [-0.15, -0.1) is 12.4 Å². The Bertz CT molecular complexity index is 113. The minimum atomic E-state index is 0. The number of guanidine groups is 1. The summed E-state index contributed by atoms with van der Waals surface area (Å²) in [5, 5.41) is 9.97. The molecule has 0 rings (SSSR count). The molecule has 0 aliphatic carbocycles. The molecule has 4 nitrogen and oxygen atoms in total. The van der Waals surface area contributed by atoms with Crippen LogP contribution in [-0.2, 0) is 0 Å². The predicted octanol–water partition coefficient (Wildman–Crippen LogP) is -0.577. The highest BCUT2D eigenvalue weighted by Gasteiger charge is 1.77. The van der Waals surface area contributed by atoms with E-state index in [0.717, 1.165) is 0 Å². The summed E-state index contributed by atoms with van der Waals surface area (Å²) in [5.41, 5.74) is 5.00. The summed E-state index contributed by atoms with van der Waals surface area (Å²) in [6.45, 7) is 0. The summed E-state index contributed by atoms with van der Waals surface area (Å²) in [6.07, 6.45) is 1.61. The quantitative estimate of drug-likeness (QED) is 0.202. The van der Waals surface area contributed by atoms with Gasteiger partial charge in [0.05, 0.1) is 0 Å². The lowest BCUT2D eigenvalue weighted by molar-refractivity contribution is 1.20. The molecule has 0 amide bonds. The Morgan fingerprint density at radius 1 is 1.88 bits per heavy atom. The highest BCUT2D eigenvalue weighted by molar-refractivity contribution is 5.85. The van der Waals surface area contributed by atoms with Gasteiger partial charge in [-0.05, 0) is 0 Å². The zero-order chi connectivity index (χ0) is 5.70. The van der Waals surface area contributed by atoms with E-state index in [1.54, 1.807) is 6.19 Å². The lowest BCUT2D eigenvalue weighted by atomic mass is 11.0. The largest absolute Gasteiger partial charge is 0.369 e. The number of nitriles is 1. The highest BCUT2D eigenvalue weighted by Crippen LogP contribution is 1.50. The predicted molar refractivity (Wildman–Crippen MR) is 33.5 cm³/mol. The molecule has 0 unspecified atom stereocenters. The van der Waals surface area contributed by atoms with Crippen LogP contribution in [0.4, 0.5) is 0 Å². The topological polar surface area (TPSA) is 74.2 Å². The van der Waals surface area contributed by atoms with Crippen LogP contribution in [0.25, 0.3) is 0 Å². The summed E-state index contributed by atoms with van der Waals surface area (Å²) in [7, 11) is 1.50. The number of hydrogen-bond donors (Lipinski definition) is 2. The molecular weight excluding hydrogens is 128 g/mol. The van der Waals surface area contributed by atoms with Gasteiger partial charge in [0.2, 0.25) is 5.96 Å². The Labute approximate surface area is 53.8 Å². The van der Waals surface area contributed by atoms with Crippen LogP contribution in [0.5, 0.6) is 0 Å². The van der Waals surface area contributed by atoms with Crippen molar-refractivity contribution in [3.8, 4) is 6.19 Å². The lowest BCUT2D eigenvalue weighted by Crippen LogP contribution is -2.26. The van der Waals surface area contributed by atoms with E-state index in [1.807, 2.05) is 0 Å². The molecule has 0 aliphatic rings. The Morgan fingerprint density at radius 2 is 2.38 bits per heavy atom. The van der Waals surface area contributed by atoms with Crippen molar-refractivity contribution in [3.05, 3.63) is 0 Å². The van der Waals surface area contributed by atoms with Gasteiger partial charge < -0.3 is 5.73 Å². The molecule has 0 heterocycles. The van der Waals surface area contributed by atoms with Crippen LogP contribution in [0, 0.1) is 11.5 Å². The molecule has 8 heavy (non-hydrogen) atoms. The second-order valence-corrected chi connectivity index (χ2v) is 0.846. The molecule has 0 saturated heterocycles. The van der Waals surface area contributed by atoms with Crippen molar-refractivity contribution < 1.29 is 0 Å². The standard InChI is InChI=1S/C3H6N4.ClH/c1-6-3(5)7-2-4;/h1H3,(H3,5,6,7);1H. The first kappa shape index (κ1) is 10.1. The van der Waals surface area contributed by atoms with E-state index in [-0.39, 0.29) is 18.4 Å². The van der Waals surface area contributed by atoms with Crippen molar-refractivity contribution in [2.75, 3.05) is 7.05 Å². The molecule has 46 valence electrons. The summed E-state index contributed by atoms with van der Waals surface area (Å²) >= 11 is 0. The third kappa shape index (κ3) is 5.05. The SMILES string of the molecule is CN=C(N)NC#N.Cl. The first-order chi connectivity index (χ1) is 3.31. The van der Waals surface area contributed by atoms with Crippen LogP contribution < -0.4 is 11.1 Å². The number of rotatable bonds is 0. The smallest absolute Gasteiger partial charge is 0.201 e. The maximum Gasteiger partial charge on any atom is 0.201 e. The van der Waals surface area contributed by atoms with Crippen LogP contribution >= 0.6 is 12.4 Å². The molecule has 0 bridgehead atoms. The van der Waals surface area contributed by atoms with E-state index in [9.17, 15) is 0 Å². The molecule has 0 aliphatic heterocycles. The van der Waals surface area contributed by atoms with E-state index in [2.05, 4.69) is 10.3 Å². The van der Waals surface area contributed by atoms with Crippen LogP contribution in [0.15, 0.2) is 4.99 Å². The van der Waals surface area contributed by atoms with Crippen molar-refractivity contribution in [2.24, 2.45) is 10.7 Å². The third-order valence-electron chi connectivity index (χ3n) is 0.425. The zero-order valence-electron chi connectivity index (χ0n) is 4.38. The minimum absolute atomic E-state index is 0. The number of nitrogens with one attached hydrogen (secondary N) is 1. The van der Waals surface area contributed by atoms with Crippen molar-refractivity contribution in [1.29, 1.82) is 5.26 Å². The van der Waals surface area contributed by atoms with E-state index in [4.69, 9.17) is 11.0 Å². The normalized spacial score (nSPS) is 8.75. The molecular formula is C3H7ClN4. The Kier molecular flexibility index (Phi) is 7.65. The van der Waals surface area contributed by atoms with Crippen molar-refractivity contribution in [1.82, 2.24) is 5.32 Å². The van der Waals surface area contributed by atoms with Gasteiger partial charge in [-0.25, -0.2) is 0 Å². The van der Waals surface area contributed by atoms with Crippen LogP contribution in [0.2, 0.25) is 0 Å². The van der Waals surface area contributed by atoms with Crippen molar-refractivity contribution >= 4 is 18.4 Å².